The van der Waals surface area contributed by atoms with E-state index in [9.17, 15) is 9.59 Å². The second kappa shape index (κ2) is 7.91. The fourth-order valence-electron chi connectivity index (χ4n) is 3.05. The summed E-state index contributed by atoms with van der Waals surface area (Å²) in [6.07, 6.45) is 6.43. The van der Waals surface area contributed by atoms with E-state index in [4.69, 9.17) is 5.73 Å². The monoisotopic (exact) mass is 425 g/mol. The fraction of sp³-hybridized carbons (Fsp3) is 0.222. The van der Waals surface area contributed by atoms with Gasteiger partial charge in [-0.25, -0.2) is 9.97 Å². The van der Waals surface area contributed by atoms with E-state index in [1.165, 1.54) is 11.3 Å². The largest absolute Gasteiger partial charge is 0.363 e. The minimum Gasteiger partial charge on any atom is -0.363 e. The second-order valence-corrected chi connectivity index (χ2v) is 7.73. The number of H-pyrrole nitrogens is 2. The van der Waals surface area contributed by atoms with Crippen molar-refractivity contribution in [1.29, 1.82) is 0 Å². The molecule has 4 N–H and O–H groups in total. The van der Waals surface area contributed by atoms with Crippen LogP contribution in [0.25, 0.3) is 10.3 Å². The van der Waals surface area contributed by atoms with Crippen molar-refractivity contribution < 1.29 is 9.59 Å². The van der Waals surface area contributed by atoms with E-state index in [0.717, 1.165) is 27.3 Å². The highest BCUT2D eigenvalue weighted by molar-refractivity contribution is 7.19. The normalized spacial score (nSPS) is 11.5. The van der Waals surface area contributed by atoms with Crippen LogP contribution in [0.15, 0.2) is 23.6 Å². The molecule has 12 heteroatoms. The first kappa shape index (κ1) is 19.5. The van der Waals surface area contributed by atoms with E-state index < -0.39 is 5.91 Å². The number of imidazole rings is 1. The van der Waals surface area contributed by atoms with Crippen LogP contribution in [0.4, 0.5) is 0 Å². The van der Waals surface area contributed by atoms with Crippen LogP contribution in [-0.2, 0) is 20.0 Å². The van der Waals surface area contributed by atoms with Crippen LogP contribution >= 0.6 is 11.3 Å². The standard InChI is InChI=1S/C18H19N9O2S/c1-26(8-11-6-20-17(23-11)16(19)29)22-7-12-13(9-28)27(2)18-15(12)30-14(24-18)5-10-3-4-21-25-10/h3-4,6-7,9H,5,8H2,1-2H3,(H2,19,29)(H,20,23)(H,21,25)/b22-7-. The number of nitrogens with two attached hydrogens (primary N) is 1. The number of hydrazone groups is 1. The lowest BCUT2D eigenvalue weighted by Gasteiger charge is -2.10. The molecule has 0 spiro atoms. The zero-order valence-corrected chi connectivity index (χ0v) is 17.1. The fourth-order valence-corrected chi connectivity index (χ4v) is 4.18. The molecule has 4 rings (SSSR count). The molecule has 0 saturated carbocycles. The molecular formula is C18H19N9O2S. The Morgan fingerprint density at radius 3 is 2.90 bits per heavy atom. The molecule has 0 aliphatic rings. The topological polar surface area (TPSA) is 151 Å². The van der Waals surface area contributed by atoms with Crippen LogP contribution in [0.2, 0.25) is 0 Å². The molecule has 0 radical (unpaired) electrons. The Balaban J connectivity index is 1.58. The number of primary amides is 1. The van der Waals surface area contributed by atoms with Crippen LogP contribution in [-0.4, -0.2) is 60.2 Å². The zero-order valence-electron chi connectivity index (χ0n) is 16.3. The lowest BCUT2D eigenvalue weighted by atomic mass is 10.3. The van der Waals surface area contributed by atoms with Crippen LogP contribution in [0.5, 0.6) is 0 Å². The lowest BCUT2D eigenvalue weighted by molar-refractivity contribution is 0.0990. The van der Waals surface area contributed by atoms with Gasteiger partial charge in [-0.15, -0.1) is 11.3 Å². The molecular weight excluding hydrogens is 406 g/mol. The van der Waals surface area contributed by atoms with E-state index in [-0.39, 0.29) is 5.82 Å². The Kier molecular flexibility index (Phi) is 5.14. The average molecular weight is 425 g/mol. The predicted molar refractivity (Wildman–Crippen MR) is 112 cm³/mol. The van der Waals surface area contributed by atoms with Gasteiger partial charge in [0.2, 0.25) is 0 Å². The Labute approximate surface area is 174 Å². The number of carbonyl (C=O) groups is 2. The maximum Gasteiger partial charge on any atom is 0.284 e. The number of fused-ring (bicyclic) bond motifs is 1. The minimum absolute atomic E-state index is 0.101. The maximum atomic E-state index is 11.7. The summed E-state index contributed by atoms with van der Waals surface area (Å²) in [5, 5.41) is 13.9. The molecule has 0 aliphatic carbocycles. The first-order valence-electron chi connectivity index (χ1n) is 8.97. The van der Waals surface area contributed by atoms with Gasteiger partial charge in [-0.2, -0.15) is 10.2 Å². The van der Waals surface area contributed by atoms with Gasteiger partial charge in [0.05, 0.1) is 34.5 Å². The SMILES string of the molecule is CN(Cc1c[nH]c(C(N)=O)n1)/N=C\c1c(C=O)n(C)c2nc(Cc3cc[nH]n3)sc12. The molecule has 154 valence electrons. The quantitative estimate of drug-likeness (QED) is 0.218. The van der Waals surface area contributed by atoms with Gasteiger partial charge in [0, 0.05) is 38.5 Å². The Hall–Kier alpha value is -3.80. The van der Waals surface area contributed by atoms with Gasteiger partial charge < -0.3 is 15.3 Å². The summed E-state index contributed by atoms with van der Waals surface area (Å²) in [7, 11) is 3.58. The number of thiazole rings is 1. The molecule has 0 fully saturated rings. The third-order valence-corrected chi connectivity index (χ3v) is 5.57. The number of aromatic nitrogens is 6. The number of aromatic amines is 2. The number of nitrogens with one attached hydrogen (secondary N) is 2. The molecule has 4 aromatic heterocycles. The second-order valence-electron chi connectivity index (χ2n) is 6.64. The lowest BCUT2D eigenvalue weighted by Crippen LogP contribution is -2.14. The van der Waals surface area contributed by atoms with E-state index in [1.807, 2.05) is 6.07 Å². The molecule has 0 atom stereocenters. The maximum absolute atomic E-state index is 11.7. The molecule has 0 saturated heterocycles. The molecule has 11 nitrogen and oxygen atoms in total. The summed E-state index contributed by atoms with van der Waals surface area (Å²) in [5.41, 5.74) is 8.66. The Bertz CT molecular complexity index is 1230. The molecule has 0 bridgehead atoms. The number of rotatable bonds is 8. The van der Waals surface area contributed by atoms with Gasteiger partial charge in [-0.05, 0) is 6.07 Å². The van der Waals surface area contributed by atoms with Crippen molar-refractivity contribution in [2.45, 2.75) is 13.0 Å². The summed E-state index contributed by atoms with van der Waals surface area (Å²) >= 11 is 1.51. The van der Waals surface area contributed by atoms with Gasteiger partial charge in [0.25, 0.3) is 5.91 Å². The molecule has 1 amide bonds. The van der Waals surface area contributed by atoms with Crippen molar-refractivity contribution in [3.63, 3.8) is 0 Å². The van der Waals surface area contributed by atoms with Gasteiger partial charge in [0.1, 0.15) is 5.01 Å². The van der Waals surface area contributed by atoms with Crippen molar-refractivity contribution in [1.82, 2.24) is 34.7 Å². The summed E-state index contributed by atoms with van der Waals surface area (Å²) < 4.78 is 2.65. The number of nitrogens with zero attached hydrogens (tertiary/aromatic N) is 6. The molecule has 30 heavy (non-hydrogen) atoms. The third kappa shape index (κ3) is 3.72. The van der Waals surface area contributed by atoms with Crippen LogP contribution in [0.3, 0.4) is 0 Å². The van der Waals surface area contributed by atoms with E-state index in [2.05, 4.69) is 30.3 Å². The number of hydrogen-bond donors (Lipinski definition) is 3. The summed E-state index contributed by atoms with van der Waals surface area (Å²) in [6, 6.07) is 1.90. The van der Waals surface area contributed by atoms with Gasteiger partial charge >= 0.3 is 0 Å². The van der Waals surface area contributed by atoms with Crippen molar-refractivity contribution in [3.8, 4) is 0 Å². The summed E-state index contributed by atoms with van der Waals surface area (Å²) in [6.45, 7) is 0.361. The van der Waals surface area contributed by atoms with Crippen molar-refractivity contribution in [2.75, 3.05) is 7.05 Å². The van der Waals surface area contributed by atoms with Gasteiger partial charge in [-0.1, -0.05) is 0 Å². The average Bonchev–Trinajstić information content (AvgIpc) is 3.48. The summed E-state index contributed by atoms with van der Waals surface area (Å²) in [5.74, 6) is -0.518. The third-order valence-electron chi connectivity index (χ3n) is 4.49. The van der Waals surface area contributed by atoms with Gasteiger partial charge in [0.15, 0.2) is 17.8 Å². The molecule has 0 unspecified atom stereocenters. The zero-order chi connectivity index (χ0) is 21.3. The predicted octanol–water partition coefficient (Wildman–Crippen LogP) is 1.05. The minimum atomic E-state index is -0.620. The van der Waals surface area contributed by atoms with Crippen molar-refractivity contribution >= 4 is 40.1 Å². The van der Waals surface area contributed by atoms with Gasteiger partial charge in [-0.3, -0.25) is 19.7 Å². The highest BCUT2D eigenvalue weighted by atomic mass is 32.1. The molecule has 0 aromatic carbocycles. The molecule has 4 aromatic rings. The van der Waals surface area contributed by atoms with E-state index in [1.54, 1.807) is 42.3 Å². The summed E-state index contributed by atoms with van der Waals surface area (Å²) in [4.78, 5) is 34.3. The number of amides is 1. The molecule has 0 aliphatic heterocycles. The van der Waals surface area contributed by atoms with E-state index in [0.29, 0.717) is 29.9 Å². The smallest absolute Gasteiger partial charge is 0.284 e. The first-order valence-corrected chi connectivity index (χ1v) is 9.79. The number of aldehydes is 1. The molecule has 4 heterocycles. The van der Waals surface area contributed by atoms with Crippen molar-refractivity contribution in [3.05, 3.63) is 51.9 Å². The van der Waals surface area contributed by atoms with Crippen LogP contribution in [0, 0.1) is 0 Å². The Morgan fingerprint density at radius 2 is 2.23 bits per heavy atom. The number of aryl methyl sites for hydroxylation is 1. The number of hydrogen-bond acceptors (Lipinski definition) is 8. The Morgan fingerprint density at radius 1 is 1.40 bits per heavy atom. The highest BCUT2D eigenvalue weighted by Crippen LogP contribution is 2.30. The van der Waals surface area contributed by atoms with Crippen molar-refractivity contribution in [2.24, 2.45) is 17.9 Å². The van der Waals surface area contributed by atoms with Crippen LogP contribution < -0.4 is 5.73 Å². The number of carbonyl (C=O) groups excluding carboxylic acids is 2. The first-order chi connectivity index (χ1) is 14.5. The van der Waals surface area contributed by atoms with E-state index >= 15 is 0 Å². The highest BCUT2D eigenvalue weighted by Gasteiger charge is 2.19. The van der Waals surface area contributed by atoms with Crippen LogP contribution in [0.1, 0.15) is 43.1 Å².